The van der Waals surface area contributed by atoms with Crippen molar-refractivity contribution in [3.63, 3.8) is 0 Å². The zero-order chi connectivity index (χ0) is 12.9. The molecule has 1 rings (SSSR count). The van der Waals surface area contributed by atoms with Crippen LogP contribution in [0.4, 0.5) is 0 Å². The third-order valence-corrected chi connectivity index (χ3v) is 2.85. The number of hydrogen-bond donors (Lipinski definition) is 2. The van der Waals surface area contributed by atoms with Gasteiger partial charge in [-0.25, -0.2) is 14.4 Å². The Bertz CT molecular complexity index is 507. The number of amides is 1. The van der Waals surface area contributed by atoms with E-state index < -0.39 is 17.1 Å². The number of carbonyl (C=O) groups is 1. The van der Waals surface area contributed by atoms with Crippen LogP contribution in [0.3, 0.4) is 0 Å². The monoisotopic (exact) mass is 422 g/mol. The van der Waals surface area contributed by atoms with E-state index in [2.05, 4.69) is 52.8 Å². The maximum atomic E-state index is 10.8. The van der Waals surface area contributed by atoms with Gasteiger partial charge in [-0.05, 0) is 0 Å². The molecule has 0 fully saturated rings. The summed E-state index contributed by atoms with van der Waals surface area (Å²) in [5, 5.41) is 0. The Morgan fingerprint density at radius 3 is 1.75 bits per heavy atom. The van der Waals surface area contributed by atoms with Gasteiger partial charge >= 0.3 is 17.1 Å². The smallest absolute Gasteiger partial charge is 0.293 e. The van der Waals surface area contributed by atoms with Crippen molar-refractivity contribution in [2.75, 3.05) is 0 Å². The summed E-state index contributed by atoms with van der Waals surface area (Å²) in [7, 11) is 0. The van der Waals surface area contributed by atoms with Crippen molar-refractivity contribution in [3.05, 3.63) is 31.5 Å². The van der Waals surface area contributed by atoms with Gasteiger partial charge in [0.05, 0.1) is 32.3 Å². The van der Waals surface area contributed by atoms with Crippen LogP contribution >= 0.6 is 48.4 Å². The molecule has 0 aliphatic heterocycles. The van der Waals surface area contributed by atoms with E-state index in [4.69, 9.17) is 0 Å². The van der Waals surface area contributed by atoms with E-state index in [0.717, 1.165) is 0 Å². The van der Waals surface area contributed by atoms with Gasteiger partial charge in [-0.2, -0.15) is 7.19 Å². The van der Waals surface area contributed by atoms with Crippen LogP contribution in [0.1, 0.15) is 6.92 Å². The molecular weight excluding hydrogens is 420 g/mol. The summed E-state index contributed by atoms with van der Waals surface area (Å²) >= 11 is 7.98. The van der Waals surface area contributed by atoms with Crippen molar-refractivity contribution in [1.82, 2.24) is 16.5 Å². The summed E-state index contributed by atoms with van der Waals surface area (Å²) in [5.74, 6) is -0.0787. The van der Waals surface area contributed by atoms with Gasteiger partial charge in [-0.15, -0.1) is 0 Å². The number of carbonyl (C=O) groups excluding carboxylic acids is 1. The molecule has 0 bridgehead atoms. The molecule has 0 spiro atoms. The molecule has 0 aromatic carbocycles. The number of aromatic amines is 1. The predicted molar refractivity (Wildman–Crippen MR) is 67.0 cm³/mol. The van der Waals surface area contributed by atoms with E-state index in [1.54, 1.807) is 0 Å². The second-order valence-electron chi connectivity index (χ2n) is 2.23. The molecule has 0 aliphatic rings. The molecule has 0 saturated carbocycles. The Balaban J connectivity index is 0.000000385. The van der Waals surface area contributed by atoms with E-state index in [-0.39, 0.29) is 5.91 Å². The maximum Gasteiger partial charge on any atom is 0.357 e. The average molecular weight is 425 g/mol. The second-order valence-corrected chi connectivity index (χ2v) is 4.05. The molecule has 0 saturated heterocycles. The van der Waals surface area contributed by atoms with E-state index >= 15 is 0 Å². The van der Waals surface area contributed by atoms with Crippen molar-refractivity contribution in [2.45, 2.75) is 6.92 Å². The van der Waals surface area contributed by atoms with Crippen LogP contribution in [0.2, 0.25) is 0 Å². The largest absolute Gasteiger partial charge is 0.357 e. The minimum Gasteiger partial charge on any atom is -0.293 e. The molecule has 90 valence electrons. The molecule has 2 N–H and O–H groups in total. The van der Waals surface area contributed by atoms with Gasteiger partial charge < -0.3 is 0 Å². The fraction of sp³-hybridized carbons (Fsp3) is 0.200. The number of nitrogens with zero attached hydrogens (tertiary/aromatic N) is 2. The molecule has 0 aliphatic carbocycles. The lowest BCUT2D eigenvalue weighted by atomic mass is 10.8. The normalized spacial score (nSPS) is 9.00. The summed E-state index contributed by atoms with van der Waals surface area (Å²) in [6, 6.07) is 0. The van der Waals surface area contributed by atoms with Crippen LogP contribution in [0, 0.1) is 0 Å². The van der Waals surface area contributed by atoms with Crippen molar-refractivity contribution < 1.29 is 4.79 Å². The molecule has 1 amide bonds. The van der Waals surface area contributed by atoms with Gasteiger partial charge in [0.15, 0.2) is 0 Å². The highest BCUT2D eigenvalue weighted by atomic mass is 79.9. The molecule has 16 heavy (non-hydrogen) atoms. The average Bonchev–Trinajstić information content (AvgIpc) is 2.24. The van der Waals surface area contributed by atoms with Crippen molar-refractivity contribution >= 4 is 54.3 Å². The van der Waals surface area contributed by atoms with Crippen molar-refractivity contribution in [1.29, 1.82) is 0 Å². The first-order valence-corrected chi connectivity index (χ1v) is 5.70. The third kappa shape index (κ3) is 4.45. The lowest BCUT2D eigenvalue weighted by Crippen LogP contribution is -2.42. The van der Waals surface area contributed by atoms with E-state index in [1.807, 2.05) is 4.98 Å². The SMILES string of the molecule is CC(=O)NBr.O=c1[nH]c(=O)n(Br)c(=O)n1Br. The van der Waals surface area contributed by atoms with Gasteiger partial charge in [0.25, 0.3) is 0 Å². The molecular formula is C5H5Br3N4O4. The van der Waals surface area contributed by atoms with E-state index in [9.17, 15) is 19.2 Å². The Labute approximate surface area is 114 Å². The molecule has 11 heteroatoms. The molecule has 1 aromatic rings. The van der Waals surface area contributed by atoms with Crippen LogP contribution < -0.4 is 21.4 Å². The zero-order valence-corrected chi connectivity index (χ0v) is 12.4. The highest BCUT2D eigenvalue weighted by Gasteiger charge is 2.03. The van der Waals surface area contributed by atoms with Crippen LogP contribution in [0.25, 0.3) is 0 Å². The number of nitrogens with one attached hydrogen (secondary N) is 2. The number of H-pyrrole nitrogens is 1. The van der Waals surface area contributed by atoms with Gasteiger partial charge in [0, 0.05) is 23.1 Å². The Hall–Kier alpha value is -0.680. The first kappa shape index (κ1) is 15.3. The van der Waals surface area contributed by atoms with Crippen LogP contribution in [-0.2, 0) is 4.79 Å². The molecule has 0 atom stereocenters. The third-order valence-electron chi connectivity index (χ3n) is 1.04. The predicted octanol–water partition coefficient (Wildman–Crippen LogP) is -0.553. The summed E-state index contributed by atoms with van der Waals surface area (Å²) in [6.07, 6.45) is 0. The summed E-state index contributed by atoms with van der Waals surface area (Å²) in [4.78, 5) is 43.6. The second kappa shape index (κ2) is 6.81. The van der Waals surface area contributed by atoms with Gasteiger partial charge in [-0.3, -0.25) is 14.1 Å². The van der Waals surface area contributed by atoms with Crippen LogP contribution in [0.5, 0.6) is 0 Å². The molecule has 1 aromatic heterocycles. The Morgan fingerprint density at radius 1 is 1.19 bits per heavy atom. The van der Waals surface area contributed by atoms with Gasteiger partial charge in [0.1, 0.15) is 0 Å². The number of aromatic nitrogens is 3. The summed E-state index contributed by atoms with van der Waals surface area (Å²) in [6.45, 7) is 1.43. The lowest BCUT2D eigenvalue weighted by Gasteiger charge is -1.92. The minimum absolute atomic E-state index is 0.0787. The van der Waals surface area contributed by atoms with Crippen molar-refractivity contribution in [3.8, 4) is 0 Å². The van der Waals surface area contributed by atoms with Gasteiger partial charge in [0.2, 0.25) is 5.91 Å². The maximum absolute atomic E-state index is 10.8. The van der Waals surface area contributed by atoms with E-state index in [0.29, 0.717) is 7.19 Å². The minimum atomic E-state index is -0.810. The van der Waals surface area contributed by atoms with Crippen LogP contribution in [-0.4, -0.2) is 18.1 Å². The first-order valence-electron chi connectivity index (χ1n) is 3.49. The quantitative estimate of drug-likeness (QED) is 0.545. The highest BCUT2D eigenvalue weighted by Crippen LogP contribution is 1.77. The number of halogens is 3. The topological polar surface area (TPSA) is 106 Å². The number of hydrogen-bond acceptors (Lipinski definition) is 4. The Morgan fingerprint density at radius 2 is 1.50 bits per heavy atom. The van der Waals surface area contributed by atoms with Crippen molar-refractivity contribution in [2.24, 2.45) is 0 Å². The van der Waals surface area contributed by atoms with Crippen LogP contribution in [0.15, 0.2) is 14.4 Å². The lowest BCUT2D eigenvalue weighted by molar-refractivity contribution is -0.116. The highest BCUT2D eigenvalue weighted by molar-refractivity contribution is 9.08. The standard InChI is InChI=1S/C3HBr2N3O3.C2H4BrNO/c4-7-1(9)6-2(10)8(5)3(7)11;1-2(5)4-3/h(H,6,9,10);1H3,(H,4,5). The zero-order valence-electron chi connectivity index (χ0n) is 7.66. The molecule has 0 radical (unpaired) electrons. The number of rotatable bonds is 0. The Kier molecular flexibility index (Phi) is 6.52. The summed E-state index contributed by atoms with van der Waals surface area (Å²) < 4.78 is 3.37. The molecule has 1 heterocycles. The van der Waals surface area contributed by atoms with Gasteiger partial charge in [-0.1, -0.05) is 0 Å². The first-order chi connectivity index (χ1) is 7.31. The van der Waals surface area contributed by atoms with E-state index in [1.165, 1.54) is 6.92 Å². The summed E-state index contributed by atoms with van der Waals surface area (Å²) in [5.41, 5.74) is -2.41. The molecule has 0 unspecified atom stereocenters. The molecule has 8 nitrogen and oxygen atoms in total. The fourth-order valence-corrected chi connectivity index (χ4v) is 1.15. The fourth-order valence-electron chi connectivity index (χ4n) is 0.440.